The van der Waals surface area contributed by atoms with Gasteiger partial charge in [-0.05, 0) is 60.0 Å². The fourth-order valence-electron chi connectivity index (χ4n) is 4.66. The normalized spacial score (nSPS) is 15.4. The molecule has 0 spiro atoms. The molecule has 1 aliphatic heterocycles. The van der Waals surface area contributed by atoms with Gasteiger partial charge in [0.25, 0.3) is 0 Å². The number of piperazine rings is 1. The summed E-state index contributed by atoms with van der Waals surface area (Å²) in [5.41, 5.74) is 3.22. The Hall–Kier alpha value is -3.44. The summed E-state index contributed by atoms with van der Waals surface area (Å²) in [6, 6.07) is 20.1. The molecule has 3 aromatic rings. The van der Waals surface area contributed by atoms with E-state index in [0.717, 1.165) is 22.4 Å². The van der Waals surface area contributed by atoms with Crippen LogP contribution in [0.3, 0.4) is 0 Å². The lowest BCUT2D eigenvalue weighted by Gasteiger charge is -2.36. The molecule has 0 amide bonds. The number of esters is 1. The number of carbonyl (C=O) groups is 1. The van der Waals surface area contributed by atoms with Crippen molar-refractivity contribution in [2.75, 3.05) is 54.1 Å². The molecule has 0 bridgehead atoms. The molecule has 1 saturated heterocycles. The quantitative estimate of drug-likeness (QED) is 0.320. The van der Waals surface area contributed by atoms with Crippen LogP contribution in [0.15, 0.2) is 71.6 Å². The molecule has 1 atom stereocenters. The van der Waals surface area contributed by atoms with E-state index in [1.807, 2.05) is 49.4 Å². The van der Waals surface area contributed by atoms with Crippen LogP contribution in [0.4, 0.5) is 0 Å². The standard InChI is InChI=1S/C30H36N2O7S/c1-22-8-13-27(37-3)29(18-22)40(34,35)32-16-14-31(15-17-32)20-28(25-6-5-7-26(19-25)36-2)39-21-23-9-11-24(12-10-23)30(33)38-4/h5-13,18-19,28H,14-17,20-21H2,1-4H3/t28-/m1/s1. The van der Waals surface area contributed by atoms with E-state index in [0.29, 0.717) is 50.6 Å². The second kappa shape index (κ2) is 13.3. The number of benzene rings is 3. The molecule has 214 valence electrons. The second-order valence-electron chi connectivity index (χ2n) is 9.62. The monoisotopic (exact) mass is 568 g/mol. The van der Waals surface area contributed by atoms with E-state index in [1.54, 1.807) is 31.4 Å². The Labute approximate surface area is 236 Å². The molecule has 0 N–H and O–H groups in total. The molecule has 1 heterocycles. The Morgan fingerprint density at radius 1 is 0.900 bits per heavy atom. The molecular weight excluding hydrogens is 532 g/mol. The largest absolute Gasteiger partial charge is 0.497 e. The molecule has 0 unspecified atom stereocenters. The third-order valence-electron chi connectivity index (χ3n) is 6.98. The lowest BCUT2D eigenvalue weighted by atomic mass is 10.1. The number of nitrogens with zero attached hydrogens (tertiary/aromatic N) is 2. The smallest absolute Gasteiger partial charge is 0.337 e. The predicted octanol–water partition coefficient (Wildman–Crippen LogP) is 4.06. The maximum Gasteiger partial charge on any atom is 0.337 e. The minimum atomic E-state index is -3.70. The SMILES string of the molecule is COC(=O)c1ccc(CO[C@H](CN2CCN(S(=O)(=O)c3cc(C)ccc3OC)CC2)c2cccc(OC)c2)cc1. The Bertz CT molecular complexity index is 1400. The summed E-state index contributed by atoms with van der Waals surface area (Å²) in [5, 5.41) is 0. The number of aryl methyl sites for hydroxylation is 1. The van der Waals surface area contributed by atoms with Crippen molar-refractivity contribution in [3.8, 4) is 11.5 Å². The van der Waals surface area contributed by atoms with Crippen LogP contribution >= 0.6 is 0 Å². The Balaban J connectivity index is 1.45. The van der Waals surface area contributed by atoms with Gasteiger partial charge < -0.3 is 18.9 Å². The highest BCUT2D eigenvalue weighted by Gasteiger charge is 2.32. The first kappa shape index (κ1) is 29.5. The van der Waals surface area contributed by atoms with Gasteiger partial charge in [-0.3, -0.25) is 4.90 Å². The van der Waals surface area contributed by atoms with Crippen LogP contribution < -0.4 is 9.47 Å². The zero-order chi connectivity index (χ0) is 28.7. The topological polar surface area (TPSA) is 94.6 Å². The molecule has 0 saturated carbocycles. The highest BCUT2D eigenvalue weighted by Crippen LogP contribution is 2.29. The fourth-order valence-corrected chi connectivity index (χ4v) is 6.32. The van der Waals surface area contributed by atoms with Gasteiger partial charge in [0.2, 0.25) is 10.0 Å². The first-order valence-electron chi connectivity index (χ1n) is 13.0. The van der Waals surface area contributed by atoms with Crippen molar-refractivity contribution in [2.24, 2.45) is 0 Å². The number of carbonyl (C=O) groups excluding carboxylic acids is 1. The van der Waals surface area contributed by atoms with E-state index >= 15 is 0 Å². The summed E-state index contributed by atoms with van der Waals surface area (Å²) in [5.74, 6) is 0.694. The fraction of sp³-hybridized carbons (Fsp3) is 0.367. The van der Waals surface area contributed by atoms with Crippen LogP contribution in [0.1, 0.15) is 33.2 Å². The van der Waals surface area contributed by atoms with E-state index in [9.17, 15) is 13.2 Å². The Morgan fingerprint density at radius 3 is 2.27 bits per heavy atom. The van der Waals surface area contributed by atoms with Crippen molar-refractivity contribution >= 4 is 16.0 Å². The molecule has 4 rings (SSSR count). The van der Waals surface area contributed by atoms with Gasteiger partial charge in [-0.15, -0.1) is 0 Å². The van der Waals surface area contributed by atoms with Crippen LogP contribution in [0, 0.1) is 6.92 Å². The predicted molar refractivity (Wildman–Crippen MR) is 151 cm³/mol. The summed E-state index contributed by atoms with van der Waals surface area (Å²) < 4.78 is 50.3. The molecule has 0 aliphatic carbocycles. The molecule has 1 aliphatic rings. The van der Waals surface area contributed by atoms with Crippen LogP contribution in [0.25, 0.3) is 0 Å². The van der Waals surface area contributed by atoms with Crippen LogP contribution in [0.5, 0.6) is 11.5 Å². The first-order chi connectivity index (χ1) is 19.2. The number of methoxy groups -OCH3 is 3. The van der Waals surface area contributed by atoms with Crippen molar-refractivity contribution in [3.63, 3.8) is 0 Å². The number of hydrogen-bond acceptors (Lipinski definition) is 8. The van der Waals surface area contributed by atoms with Gasteiger partial charge >= 0.3 is 5.97 Å². The molecule has 9 nitrogen and oxygen atoms in total. The van der Waals surface area contributed by atoms with E-state index in [1.165, 1.54) is 18.5 Å². The molecule has 10 heteroatoms. The zero-order valence-electron chi connectivity index (χ0n) is 23.3. The van der Waals surface area contributed by atoms with Gasteiger partial charge in [-0.2, -0.15) is 4.31 Å². The zero-order valence-corrected chi connectivity index (χ0v) is 24.1. The molecule has 3 aromatic carbocycles. The van der Waals surface area contributed by atoms with Gasteiger partial charge in [0.1, 0.15) is 16.4 Å². The molecule has 0 aromatic heterocycles. The summed E-state index contributed by atoms with van der Waals surface area (Å²) in [4.78, 5) is 14.2. The molecule has 1 fully saturated rings. The second-order valence-corrected chi connectivity index (χ2v) is 11.5. The van der Waals surface area contributed by atoms with Gasteiger partial charge in [-0.25, -0.2) is 13.2 Å². The van der Waals surface area contributed by atoms with Crippen molar-refractivity contribution in [1.29, 1.82) is 0 Å². The summed E-state index contributed by atoms with van der Waals surface area (Å²) in [7, 11) is 0.762. The van der Waals surface area contributed by atoms with Crippen molar-refractivity contribution < 1.29 is 32.2 Å². The van der Waals surface area contributed by atoms with Crippen molar-refractivity contribution in [1.82, 2.24) is 9.21 Å². The van der Waals surface area contributed by atoms with E-state index < -0.39 is 10.0 Å². The minimum absolute atomic E-state index is 0.194. The third kappa shape index (κ3) is 7.00. The van der Waals surface area contributed by atoms with Crippen LogP contribution in [0.2, 0.25) is 0 Å². The van der Waals surface area contributed by atoms with E-state index in [4.69, 9.17) is 18.9 Å². The average molecular weight is 569 g/mol. The van der Waals surface area contributed by atoms with Gasteiger partial charge in [0.15, 0.2) is 0 Å². The number of ether oxygens (including phenoxy) is 4. The maximum absolute atomic E-state index is 13.4. The summed E-state index contributed by atoms with van der Waals surface area (Å²) >= 11 is 0. The van der Waals surface area contributed by atoms with Gasteiger partial charge in [-0.1, -0.05) is 30.3 Å². The lowest BCUT2D eigenvalue weighted by Crippen LogP contribution is -2.49. The maximum atomic E-state index is 13.4. The lowest BCUT2D eigenvalue weighted by molar-refractivity contribution is 0.00760. The number of hydrogen-bond donors (Lipinski definition) is 0. The highest BCUT2D eigenvalue weighted by molar-refractivity contribution is 7.89. The highest BCUT2D eigenvalue weighted by atomic mass is 32.2. The van der Waals surface area contributed by atoms with Crippen molar-refractivity contribution in [3.05, 3.63) is 89.0 Å². The van der Waals surface area contributed by atoms with Crippen molar-refractivity contribution in [2.45, 2.75) is 24.5 Å². The molecule has 0 radical (unpaired) electrons. The average Bonchev–Trinajstić information content (AvgIpc) is 2.99. The number of rotatable bonds is 11. The summed E-state index contributed by atoms with van der Waals surface area (Å²) in [6.45, 7) is 4.62. The Kier molecular flexibility index (Phi) is 9.80. The molecular formula is C30H36N2O7S. The Morgan fingerprint density at radius 2 is 1.62 bits per heavy atom. The van der Waals surface area contributed by atoms with E-state index in [2.05, 4.69) is 4.90 Å². The minimum Gasteiger partial charge on any atom is -0.497 e. The first-order valence-corrected chi connectivity index (χ1v) is 14.5. The summed E-state index contributed by atoms with van der Waals surface area (Å²) in [6.07, 6.45) is -0.282. The molecule has 40 heavy (non-hydrogen) atoms. The van der Waals surface area contributed by atoms with Crippen LogP contribution in [-0.4, -0.2) is 77.6 Å². The van der Waals surface area contributed by atoms with E-state index in [-0.39, 0.29) is 17.0 Å². The number of sulfonamides is 1. The van der Waals surface area contributed by atoms with Gasteiger partial charge in [0.05, 0.1) is 39.6 Å². The van der Waals surface area contributed by atoms with Gasteiger partial charge in [0, 0.05) is 32.7 Å². The third-order valence-corrected chi connectivity index (χ3v) is 8.90. The van der Waals surface area contributed by atoms with Crippen LogP contribution in [-0.2, 0) is 26.1 Å².